The van der Waals surface area contributed by atoms with Gasteiger partial charge in [0.1, 0.15) is 30.3 Å². The van der Waals surface area contributed by atoms with Crippen LogP contribution in [0.1, 0.15) is 6.42 Å². The number of fused-ring (bicyclic) bond motifs is 1. The highest BCUT2D eigenvalue weighted by Crippen LogP contribution is 2.39. The number of morpholine rings is 1. The minimum Gasteiger partial charge on any atom is -0.495 e. The summed E-state index contributed by atoms with van der Waals surface area (Å²) < 4.78 is 73.9. The number of ether oxygens (including phenoxy) is 2. The van der Waals surface area contributed by atoms with E-state index in [9.17, 15) is 17.6 Å². The van der Waals surface area contributed by atoms with Gasteiger partial charge in [-0.3, -0.25) is 9.52 Å². The molecule has 2 aliphatic rings. The topological polar surface area (TPSA) is 114 Å². The molecule has 0 spiro atoms. The molecule has 2 aliphatic heterocycles. The van der Waals surface area contributed by atoms with Crippen LogP contribution in [0.2, 0.25) is 0 Å². The molecule has 0 saturated carbocycles. The predicted molar refractivity (Wildman–Crippen MR) is 125 cm³/mol. The molecule has 0 bridgehead atoms. The maximum atomic E-state index is 15.2. The summed E-state index contributed by atoms with van der Waals surface area (Å²) in [6.07, 6.45) is 0.803. The van der Waals surface area contributed by atoms with Crippen molar-refractivity contribution in [2.24, 2.45) is 0 Å². The molecule has 5 rings (SSSR count). The Morgan fingerprint density at radius 3 is 2.75 bits per heavy atom. The van der Waals surface area contributed by atoms with Gasteiger partial charge in [-0.2, -0.15) is 12.7 Å². The summed E-state index contributed by atoms with van der Waals surface area (Å²) >= 11 is 0. The van der Waals surface area contributed by atoms with Crippen molar-refractivity contribution in [3.63, 3.8) is 0 Å². The standard InChI is InChI=1S/C23H22F2N4O6S/c1-33-20-10-16(14-3-2-4-15(24)9-14)17(25)11-19(20)29-18-5-7-28(12-21(18)34-13-23(29)30)36(31,32)27-22-6-8-35-26-22/h2-4,6,8-11,18,21H,5,7,12-13H2,1H3,(H,26,27). The SMILES string of the molecule is COc1cc(-c2cccc(F)c2)c(F)cc1N1C(=O)COC2CN(S(=O)(=O)Nc3ccon3)CCC21. The Morgan fingerprint density at radius 1 is 1.19 bits per heavy atom. The Hall–Kier alpha value is -3.55. The number of amides is 1. The Labute approximate surface area is 205 Å². The minimum atomic E-state index is -3.95. The van der Waals surface area contributed by atoms with E-state index in [0.29, 0.717) is 5.56 Å². The van der Waals surface area contributed by atoms with Crippen molar-refractivity contribution in [3.8, 4) is 16.9 Å². The molecule has 2 fully saturated rings. The second-order valence-corrected chi connectivity index (χ2v) is 10.0. The third-order valence-electron chi connectivity index (χ3n) is 6.18. The van der Waals surface area contributed by atoms with Crippen molar-refractivity contribution in [1.82, 2.24) is 9.46 Å². The lowest BCUT2D eigenvalue weighted by molar-refractivity contribution is -0.134. The van der Waals surface area contributed by atoms with E-state index in [1.807, 2.05) is 0 Å². The lowest BCUT2D eigenvalue weighted by Gasteiger charge is -2.46. The van der Waals surface area contributed by atoms with Crippen molar-refractivity contribution in [2.75, 3.05) is 36.4 Å². The molecule has 1 N–H and O–H groups in total. The number of hydrogen-bond donors (Lipinski definition) is 1. The molecule has 1 amide bonds. The number of anilines is 2. The number of benzene rings is 2. The third-order valence-corrected chi connectivity index (χ3v) is 7.66. The van der Waals surface area contributed by atoms with Crippen LogP contribution >= 0.6 is 0 Å². The first-order chi connectivity index (χ1) is 17.3. The molecule has 3 heterocycles. The average molecular weight is 521 g/mol. The maximum Gasteiger partial charge on any atom is 0.302 e. The number of nitrogens with one attached hydrogen (secondary N) is 1. The van der Waals surface area contributed by atoms with Crippen LogP contribution < -0.4 is 14.4 Å². The summed E-state index contributed by atoms with van der Waals surface area (Å²) in [5, 5.41) is 3.55. The summed E-state index contributed by atoms with van der Waals surface area (Å²) in [5.74, 6) is -1.33. The molecule has 2 unspecified atom stereocenters. The van der Waals surface area contributed by atoms with Gasteiger partial charge >= 0.3 is 10.2 Å². The molecule has 2 aromatic carbocycles. The first-order valence-electron chi connectivity index (χ1n) is 11.0. The van der Waals surface area contributed by atoms with Gasteiger partial charge in [0.05, 0.1) is 24.9 Å². The Kier molecular flexibility index (Phi) is 6.36. The van der Waals surface area contributed by atoms with Gasteiger partial charge in [-0.05, 0) is 30.2 Å². The van der Waals surface area contributed by atoms with Crippen LogP contribution in [-0.4, -0.2) is 62.7 Å². The zero-order chi connectivity index (χ0) is 25.4. The fourth-order valence-corrected chi connectivity index (χ4v) is 5.72. The second-order valence-electron chi connectivity index (χ2n) is 8.33. The molecule has 10 nitrogen and oxygen atoms in total. The van der Waals surface area contributed by atoms with Gasteiger partial charge in [0.25, 0.3) is 5.91 Å². The number of rotatable bonds is 6. The quantitative estimate of drug-likeness (QED) is 0.532. The second kappa shape index (κ2) is 9.48. The summed E-state index contributed by atoms with van der Waals surface area (Å²) in [7, 11) is -2.56. The van der Waals surface area contributed by atoms with Crippen molar-refractivity contribution >= 4 is 27.6 Å². The number of carbonyl (C=O) groups is 1. The van der Waals surface area contributed by atoms with Gasteiger partial charge in [-0.25, -0.2) is 8.78 Å². The monoisotopic (exact) mass is 520 g/mol. The van der Waals surface area contributed by atoms with Gasteiger partial charge < -0.3 is 18.9 Å². The average Bonchev–Trinajstić information content (AvgIpc) is 3.36. The molecule has 1 aromatic heterocycles. The molecule has 0 aliphatic carbocycles. The van der Waals surface area contributed by atoms with Gasteiger partial charge in [0.2, 0.25) is 0 Å². The van der Waals surface area contributed by atoms with Gasteiger partial charge in [-0.15, -0.1) is 0 Å². The molecule has 190 valence electrons. The number of carbonyl (C=O) groups excluding carboxylic acids is 1. The van der Waals surface area contributed by atoms with E-state index >= 15 is 4.39 Å². The molecule has 13 heteroatoms. The summed E-state index contributed by atoms with van der Waals surface area (Å²) in [6, 6.07) is 8.91. The van der Waals surface area contributed by atoms with Crippen molar-refractivity contribution in [2.45, 2.75) is 18.6 Å². The zero-order valence-electron chi connectivity index (χ0n) is 19.1. The molecule has 2 atom stereocenters. The largest absolute Gasteiger partial charge is 0.495 e. The number of methoxy groups -OCH3 is 1. The summed E-state index contributed by atoms with van der Waals surface area (Å²) in [5.41, 5.74) is 0.629. The lowest BCUT2D eigenvalue weighted by atomic mass is 9.97. The summed E-state index contributed by atoms with van der Waals surface area (Å²) in [6.45, 7) is -0.274. The smallest absolute Gasteiger partial charge is 0.302 e. The Morgan fingerprint density at radius 2 is 2.03 bits per heavy atom. The number of nitrogens with zero attached hydrogens (tertiary/aromatic N) is 3. The van der Waals surface area contributed by atoms with Crippen LogP contribution in [0, 0.1) is 11.6 Å². The van der Waals surface area contributed by atoms with E-state index in [0.717, 1.165) is 0 Å². The molecule has 2 saturated heterocycles. The maximum absolute atomic E-state index is 15.2. The van der Waals surface area contributed by atoms with Crippen LogP contribution in [-0.2, 0) is 19.7 Å². The molecule has 0 radical (unpaired) electrons. The number of piperidine rings is 1. The van der Waals surface area contributed by atoms with Crippen molar-refractivity contribution < 1.29 is 36.0 Å². The third kappa shape index (κ3) is 4.52. The molecular formula is C23H22F2N4O6S. The highest BCUT2D eigenvalue weighted by atomic mass is 32.2. The minimum absolute atomic E-state index is 0.0339. The molecule has 36 heavy (non-hydrogen) atoms. The zero-order valence-corrected chi connectivity index (χ0v) is 19.9. The van der Waals surface area contributed by atoms with Crippen LogP contribution in [0.5, 0.6) is 5.75 Å². The Bertz CT molecular complexity index is 1390. The lowest BCUT2D eigenvalue weighted by Crippen LogP contribution is -2.62. The van der Waals surface area contributed by atoms with E-state index in [4.69, 9.17) is 9.47 Å². The van der Waals surface area contributed by atoms with Gasteiger partial charge in [0.15, 0.2) is 5.82 Å². The Balaban J connectivity index is 1.43. The first kappa shape index (κ1) is 24.2. The fourth-order valence-electron chi connectivity index (χ4n) is 4.53. The van der Waals surface area contributed by atoms with Crippen LogP contribution in [0.3, 0.4) is 0 Å². The number of halogens is 2. The van der Waals surface area contributed by atoms with Crippen LogP contribution in [0.15, 0.2) is 53.3 Å². The first-order valence-corrected chi connectivity index (χ1v) is 12.5. The van der Waals surface area contributed by atoms with Gasteiger partial charge in [0, 0.05) is 30.8 Å². The van der Waals surface area contributed by atoms with E-state index in [1.54, 1.807) is 6.07 Å². The normalized spacial score (nSPS) is 20.8. The van der Waals surface area contributed by atoms with Crippen LogP contribution in [0.4, 0.5) is 20.3 Å². The highest BCUT2D eigenvalue weighted by molar-refractivity contribution is 7.90. The van der Waals surface area contributed by atoms with Gasteiger partial charge in [-0.1, -0.05) is 17.3 Å². The van der Waals surface area contributed by atoms with E-state index in [2.05, 4.69) is 14.4 Å². The van der Waals surface area contributed by atoms with E-state index < -0.39 is 39.9 Å². The predicted octanol–water partition coefficient (Wildman–Crippen LogP) is 2.79. The molecule has 3 aromatic rings. The van der Waals surface area contributed by atoms with E-state index in [1.165, 1.54) is 59.0 Å². The van der Waals surface area contributed by atoms with Crippen molar-refractivity contribution in [3.05, 3.63) is 60.4 Å². The fraction of sp³-hybridized carbons (Fsp3) is 0.304. The van der Waals surface area contributed by atoms with E-state index in [-0.39, 0.29) is 48.9 Å². The number of aromatic nitrogens is 1. The van der Waals surface area contributed by atoms with Crippen molar-refractivity contribution in [1.29, 1.82) is 0 Å². The molecular weight excluding hydrogens is 498 g/mol. The highest BCUT2D eigenvalue weighted by Gasteiger charge is 2.44. The number of hydrogen-bond acceptors (Lipinski definition) is 7. The summed E-state index contributed by atoms with van der Waals surface area (Å²) in [4.78, 5) is 14.3. The van der Waals surface area contributed by atoms with Crippen LogP contribution in [0.25, 0.3) is 11.1 Å².